The van der Waals surface area contributed by atoms with Crippen LogP contribution in [0.2, 0.25) is 0 Å². The van der Waals surface area contributed by atoms with Crippen molar-refractivity contribution in [1.82, 2.24) is 0 Å². The molecule has 0 atom stereocenters. The molecule has 0 heterocycles. The lowest BCUT2D eigenvalue weighted by molar-refractivity contribution is -0.385. The lowest BCUT2D eigenvalue weighted by Crippen LogP contribution is -1.90. The van der Waals surface area contributed by atoms with Gasteiger partial charge in [0.15, 0.2) is 0 Å². The first kappa shape index (κ1) is 10.2. The molecule has 0 unspecified atom stereocenters. The third kappa shape index (κ3) is 2.55. The summed E-state index contributed by atoms with van der Waals surface area (Å²) < 4.78 is 0. The summed E-state index contributed by atoms with van der Waals surface area (Å²) in [5, 5.41) is 10.6. The summed E-state index contributed by atoms with van der Waals surface area (Å²) in [7, 11) is 0. The molecule has 0 fully saturated rings. The molecular weight excluding hydrogens is 178 g/mol. The van der Waals surface area contributed by atoms with Crippen LogP contribution in [-0.2, 0) is 0 Å². The highest BCUT2D eigenvalue weighted by molar-refractivity contribution is 5.61. The number of nitrogens with zero attached hydrogens (tertiary/aromatic N) is 1. The maximum atomic E-state index is 10.6. The van der Waals surface area contributed by atoms with Crippen LogP contribution in [0.25, 0.3) is 6.08 Å². The van der Waals surface area contributed by atoms with E-state index >= 15 is 0 Å². The Morgan fingerprint density at radius 2 is 2.00 bits per heavy atom. The Morgan fingerprint density at radius 1 is 1.29 bits per heavy atom. The van der Waals surface area contributed by atoms with E-state index in [1.807, 2.05) is 19.1 Å². The standard InChI is InChI=1S/C11H11NO2/c1-2-3-4-7-10-8-5-6-9-11(10)12(13)14/h2-9H,1H3. The Morgan fingerprint density at radius 3 is 2.64 bits per heavy atom. The molecule has 3 nitrogen and oxygen atoms in total. The van der Waals surface area contributed by atoms with Crippen molar-refractivity contribution in [2.75, 3.05) is 0 Å². The third-order valence-corrected chi connectivity index (χ3v) is 1.71. The van der Waals surface area contributed by atoms with E-state index < -0.39 is 0 Å². The van der Waals surface area contributed by atoms with E-state index in [0.717, 1.165) is 0 Å². The van der Waals surface area contributed by atoms with Crippen LogP contribution in [0, 0.1) is 10.1 Å². The van der Waals surface area contributed by atoms with Crippen molar-refractivity contribution in [2.45, 2.75) is 6.92 Å². The smallest absolute Gasteiger partial charge is 0.258 e. The first-order chi connectivity index (χ1) is 6.75. The van der Waals surface area contributed by atoms with Crippen molar-refractivity contribution >= 4 is 11.8 Å². The number of benzene rings is 1. The summed E-state index contributed by atoms with van der Waals surface area (Å²) in [5.74, 6) is 0. The van der Waals surface area contributed by atoms with Gasteiger partial charge in [0.2, 0.25) is 0 Å². The minimum Gasteiger partial charge on any atom is -0.258 e. The normalized spacial score (nSPS) is 11.2. The topological polar surface area (TPSA) is 43.1 Å². The lowest BCUT2D eigenvalue weighted by atomic mass is 10.1. The van der Waals surface area contributed by atoms with E-state index in [0.29, 0.717) is 5.56 Å². The van der Waals surface area contributed by atoms with Gasteiger partial charge in [-0.05, 0) is 19.1 Å². The van der Waals surface area contributed by atoms with Crippen LogP contribution in [0.3, 0.4) is 0 Å². The maximum absolute atomic E-state index is 10.6. The first-order valence-electron chi connectivity index (χ1n) is 4.28. The molecule has 0 saturated heterocycles. The van der Waals surface area contributed by atoms with Crippen molar-refractivity contribution in [3.63, 3.8) is 0 Å². The van der Waals surface area contributed by atoms with Crippen LogP contribution in [0.5, 0.6) is 0 Å². The predicted molar refractivity (Wildman–Crippen MR) is 56.9 cm³/mol. The molecule has 0 aliphatic heterocycles. The van der Waals surface area contributed by atoms with E-state index in [2.05, 4.69) is 0 Å². The zero-order chi connectivity index (χ0) is 10.4. The molecule has 0 aromatic heterocycles. The molecule has 1 aromatic rings. The van der Waals surface area contributed by atoms with E-state index in [1.54, 1.807) is 30.4 Å². The minimum atomic E-state index is -0.380. The fraction of sp³-hybridized carbons (Fsp3) is 0.0909. The zero-order valence-electron chi connectivity index (χ0n) is 7.88. The number of nitro benzene ring substituents is 1. The summed E-state index contributed by atoms with van der Waals surface area (Å²) in [4.78, 5) is 10.2. The summed E-state index contributed by atoms with van der Waals surface area (Å²) in [6, 6.07) is 6.65. The summed E-state index contributed by atoms with van der Waals surface area (Å²) in [6.07, 6.45) is 7.20. The lowest BCUT2D eigenvalue weighted by Gasteiger charge is -1.94. The van der Waals surface area contributed by atoms with Gasteiger partial charge in [-0.3, -0.25) is 10.1 Å². The SMILES string of the molecule is CC=CC=Cc1ccccc1[N+](=O)[O-]. The number of para-hydroxylation sites is 1. The molecule has 0 N–H and O–H groups in total. The molecule has 1 aromatic carbocycles. The molecule has 0 aliphatic carbocycles. The van der Waals surface area contributed by atoms with Gasteiger partial charge in [-0.2, -0.15) is 0 Å². The Kier molecular flexibility index (Phi) is 3.61. The average molecular weight is 189 g/mol. The van der Waals surface area contributed by atoms with Gasteiger partial charge in [0.1, 0.15) is 0 Å². The minimum absolute atomic E-state index is 0.133. The Labute approximate surface area is 82.5 Å². The number of allylic oxidation sites excluding steroid dienone is 3. The highest BCUT2D eigenvalue weighted by Crippen LogP contribution is 2.18. The molecule has 0 bridgehead atoms. The Balaban J connectivity index is 3.01. The van der Waals surface area contributed by atoms with E-state index in [9.17, 15) is 10.1 Å². The molecule has 0 spiro atoms. The van der Waals surface area contributed by atoms with Crippen molar-refractivity contribution in [1.29, 1.82) is 0 Å². The molecular formula is C11H11NO2. The molecule has 72 valence electrons. The Hall–Kier alpha value is -1.90. The van der Waals surface area contributed by atoms with Gasteiger partial charge in [0, 0.05) is 6.07 Å². The van der Waals surface area contributed by atoms with E-state index in [4.69, 9.17) is 0 Å². The summed E-state index contributed by atoms with van der Waals surface area (Å²) in [6.45, 7) is 1.89. The van der Waals surface area contributed by atoms with Crippen molar-refractivity contribution in [2.24, 2.45) is 0 Å². The second-order valence-electron chi connectivity index (χ2n) is 2.70. The molecule has 1 rings (SSSR count). The quantitative estimate of drug-likeness (QED) is 0.416. The molecule has 0 saturated carbocycles. The number of hydrogen-bond acceptors (Lipinski definition) is 2. The van der Waals surface area contributed by atoms with Gasteiger partial charge in [-0.25, -0.2) is 0 Å². The average Bonchev–Trinajstić information content (AvgIpc) is 2.19. The number of nitro groups is 1. The maximum Gasteiger partial charge on any atom is 0.276 e. The van der Waals surface area contributed by atoms with Gasteiger partial charge in [-0.15, -0.1) is 0 Å². The van der Waals surface area contributed by atoms with Crippen LogP contribution >= 0.6 is 0 Å². The van der Waals surface area contributed by atoms with Crippen LogP contribution < -0.4 is 0 Å². The van der Waals surface area contributed by atoms with Gasteiger partial charge in [0.05, 0.1) is 10.5 Å². The van der Waals surface area contributed by atoms with Crippen molar-refractivity contribution in [3.05, 3.63) is 58.2 Å². The zero-order valence-corrected chi connectivity index (χ0v) is 7.88. The molecule has 0 amide bonds. The largest absolute Gasteiger partial charge is 0.276 e. The van der Waals surface area contributed by atoms with Crippen LogP contribution in [0.15, 0.2) is 42.5 Å². The monoisotopic (exact) mass is 189 g/mol. The first-order valence-corrected chi connectivity index (χ1v) is 4.28. The van der Waals surface area contributed by atoms with Crippen LogP contribution in [0.1, 0.15) is 12.5 Å². The Bertz CT molecular complexity index is 381. The van der Waals surface area contributed by atoms with Crippen molar-refractivity contribution in [3.8, 4) is 0 Å². The fourth-order valence-electron chi connectivity index (χ4n) is 1.07. The summed E-state index contributed by atoms with van der Waals surface area (Å²) in [5.41, 5.74) is 0.754. The predicted octanol–water partition coefficient (Wildman–Crippen LogP) is 3.18. The van der Waals surface area contributed by atoms with Gasteiger partial charge in [-0.1, -0.05) is 30.4 Å². The van der Waals surface area contributed by atoms with E-state index in [1.165, 1.54) is 6.07 Å². The molecule has 14 heavy (non-hydrogen) atoms. The van der Waals surface area contributed by atoms with Gasteiger partial charge >= 0.3 is 0 Å². The van der Waals surface area contributed by atoms with Crippen molar-refractivity contribution < 1.29 is 4.92 Å². The van der Waals surface area contributed by atoms with E-state index in [-0.39, 0.29) is 10.6 Å². The molecule has 0 radical (unpaired) electrons. The molecule has 0 aliphatic rings. The fourth-order valence-corrected chi connectivity index (χ4v) is 1.07. The second-order valence-corrected chi connectivity index (χ2v) is 2.70. The highest BCUT2D eigenvalue weighted by Gasteiger charge is 2.08. The number of hydrogen-bond donors (Lipinski definition) is 0. The summed E-state index contributed by atoms with van der Waals surface area (Å²) >= 11 is 0. The third-order valence-electron chi connectivity index (χ3n) is 1.71. The van der Waals surface area contributed by atoms with Crippen LogP contribution in [0.4, 0.5) is 5.69 Å². The van der Waals surface area contributed by atoms with Gasteiger partial charge < -0.3 is 0 Å². The molecule has 3 heteroatoms. The second kappa shape index (κ2) is 4.97. The van der Waals surface area contributed by atoms with Crippen LogP contribution in [-0.4, -0.2) is 4.92 Å². The number of rotatable bonds is 3. The van der Waals surface area contributed by atoms with Gasteiger partial charge in [0.25, 0.3) is 5.69 Å². The highest BCUT2D eigenvalue weighted by atomic mass is 16.6.